The predicted molar refractivity (Wildman–Crippen MR) is 91.0 cm³/mol. The largest absolute Gasteiger partial charge is 0.381 e. The highest BCUT2D eigenvalue weighted by Crippen LogP contribution is 2.37. The average molecular weight is 350 g/mol. The van der Waals surface area contributed by atoms with Crippen molar-refractivity contribution in [3.63, 3.8) is 0 Å². The number of nitrogens with zero attached hydrogens (tertiary/aromatic N) is 3. The van der Waals surface area contributed by atoms with Crippen molar-refractivity contribution < 1.29 is 9.66 Å². The molecular formula is C15H16ClN5O3. The van der Waals surface area contributed by atoms with Gasteiger partial charge in [0.05, 0.1) is 9.95 Å². The molecule has 126 valence electrons. The molecule has 0 bridgehead atoms. The minimum absolute atomic E-state index is 0.0332. The maximum atomic E-state index is 11.7. The first kappa shape index (κ1) is 16.4. The van der Waals surface area contributed by atoms with Gasteiger partial charge in [0, 0.05) is 24.8 Å². The van der Waals surface area contributed by atoms with Crippen LogP contribution in [-0.2, 0) is 4.74 Å². The molecule has 3 rings (SSSR count). The maximum absolute atomic E-state index is 11.7. The number of anilines is 2. The fraction of sp³-hybridized carbons (Fsp3) is 0.333. The van der Waals surface area contributed by atoms with Crippen LogP contribution in [0.1, 0.15) is 12.8 Å². The molecule has 0 spiro atoms. The number of ether oxygens (including phenoxy) is 1. The fourth-order valence-electron chi connectivity index (χ4n) is 2.62. The number of halogens is 1. The van der Waals surface area contributed by atoms with Crippen LogP contribution in [0.15, 0.2) is 24.3 Å². The molecule has 0 amide bonds. The van der Waals surface area contributed by atoms with Crippen LogP contribution in [0.25, 0.3) is 11.3 Å². The fourth-order valence-corrected chi connectivity index (χ4v) is 2.85. The molecule has 2 aromatic rings. The van der Waals surface area contributed by atoms with Gasteiger partial charge >= 0.3 is 5.69 Å². The maximum Gasteiger partial charge on any atom is 0.337 e. The Balaban J connectivity index is 2.09. The number of hydrogen-bond acceptors (Lipinski definition) is 7. The second-order valence-electron chi connectivity index (χ2n) is 5.40. The molecule has 0 radical (unpaired) electrons. The minimum atomic E-state index is -0.514. The summed E-state index contributed by atoms with van der Waals surface area (Å²) < 4.78 is 5.30. The summed E-state index contributed by atoms with van der Waals surface area (Å²) in [5.41, 5.74) is 6.08. The summed E-state index contributed by atoms with van der Waals surface area (Å²) in [7, 11) is 0. The number of nitrogens with two attached hydrogens (primary N) is 1. The molecule has 0 atom stereocenters. The lowest BCUT2D eigenvalue weighted by Gasteiger charge is -2.23. The van der Waals surface area contributed by atoms with E-state index in [9.17, 15) is 10.1 Å². The van der Waals surface area contributed by atoms with Gasteiger partial charge in [0.2, 0.25) is 11.8 Å². The Hall–Kier alpha value is -2.45. The second kappa shape index (κ2) is 6.98. The van der Waals surface area contributed by atoms with Crippen molar-refractivity contribution >= 4 is 29.1 Å². The van der Waals surface area contributed by atoms with Crippen LogP contribution in [0.3, 0.4) is 0 Å². The monoisotopic (exact) mass is 349 g/mol. The van der Waals surface area contributed by atoms with Gasteiger partial charge in [0.25, 0.3) is 0 Å². The molecule has 2 heterocycles. The molecule has 0 saturated carbocycles. The first-order valence-electron chi connectivity index (χ1n) is 7.47. The predicted octanol–water partition coefficient (Wildman–Crippen LogP) is 2.88. The van der Waals surface area contributed by atoms with E-state index in [0.29, 0.717) is 23.8 Å². The van der Waals surface area contributed by atoms with Gasteiger partial charge in [-0.1, -0.05) is 29.8 Å². The molecule has 1 aromatic heterocycles. The average Bonchev–Trinajstić information content (AvgIpc) is 2.55. The van der Waals surface area contributed by atoms with E-state index in [4.69, 9.17) is 22.1 Å². The van der Waals surface area contributed by atoms with Crippen LogP contribution in [0.4, 0.5) is 17.5 Å². The lowest BCUT2D eigenvalue weighted by Crippen LogP contribution is -2.28. The summed E-state index contributed by atoms with van der Waals surface area (Å²) in [4.78, 5) is 19.2. The zero-order valence-corrected chi connectivity index (χ0v) is 13.5. The van der Waals surface area contributed by atoms with Crippen molar-refractivity contribution in [3.8, 4) is 11.3 Å². The smallest absolute Gasteiger partial charge is 0.337 e. The van der Waals surface area contributed by atoms with E-state index < -0.39 is 4.92 Å². The Bertz CT molecular complexity index is 765. The van der Waals surface area contributed by atoms with Crippen LogP contribution < -0.4 is 11.1 Å². The number of rotatable bonds is 4. The highest BCUT2D eigenvalue weighted by atomic mass is 35.5. The first-order valence-corrected chi connectivity index (χ1v) is 7.85. The zero-order valence-electron chi connectivity index (χ0n) is 12.7. The van der Waals surface area contributed by atoms with Gasteiger partial charge in [-0.15, -0.1) is 0 Å². The zero-order chi connectivity index (χ0) is 17.1. The van der Waals surface area contributed by atoms with Crippen LogP contribution in [0.5, 0.6) is 0 Å². The quantitative estimate of drug-likeness (QED) is 0.643. The number of benzene rings is 1. The van der Waals surface area contributed by atoms with Gasteiger partial charge in [0.1, 0.15) is 0 Å². The number of aromatic nitrogens is 2. The van der Waals surface area contributed by atoms with Crippen molar-refractivity contribution in [2.75, 3.05) is 24.3 Å². The van der Waals surface area contributed by atoms with Crippen LogP contribution in [0.2, 0.25) is 5.02 Å². The summed E-state index contributed by atoms with van der Waals surface area (Å²) in [6.07, 6.45) is 1.48. The number of nitrogens with one attached hydrogen (secondary N) is 1. The van der Waals surface area contributed by atoms with Crippen molar-refractivity contribution in [1.82, 2.24) is 9.97 Å². The van der Waals surface area contributed by atoms with Crippen molar-refractivity contribution in [1.29, 1.82) is 0 Å². The third kappa shape index (κ3) is 3.39. The molecule has 1 fully saturated rings. The molecule has 9 heteroatoms. The van der Waals surface area contributed by atoms with Crippen LogP contribution in [-0.4, -0.2) is 34.1 Å². The van der Waals surface area contributed by atoms with Gasteiger partial charge < -0.3 is 15.8 Å². The molecule has 1 saturated heterocycles. The minimum Gasteiger partial charge on any atom is -0.381 e. The molecule has 1 aromatic carbocycles. The first-order chi connectivity index (χ1) is 11.6. The van der Waals surface area contributed by atoms with Crippen molar-refractivity contribution in [2.45, 2.75) is 18.9 Å². The molecule has 1 aliphatic rings. The van der Waals surface area contributed by atoms with E-state index in [2.05, 4.69) is 15.3 Å². The molecule has 24 heavy (non-hydrogen) atoms. The molecule has 1 aliphatic heterocycles. The highest BCUT2D eigenvalue weighted by molar-refractivity contribution is 6.33. The standard InChI is InChI=1S/C15H16ClN5O3/c16-11-4-2-1-3-10(11)12-13(21(22)23)14(20-15(17)19-12)18-9-5-7-24-8-6-9/h1-4,9H,5-8H2,(H3,17,18,19,20). The Kier molecular flexibility index (Phi) is 4.77. The summed E-state index contributed by atoms with van der Waals surface area (Å²) in [5.74, 6) is 0.0550. The Morgan fingerprint density at radius 1 is 1.29 bits per heavy atom. The van der Waals surface area contributed by atoms with E-state index in [1.807, 2.05) is 0 Å². The van der Waals surface area contributed by atoms with E-state index in [1.165, 1.54) is 0 Å². The SMILES string of the molecule is Nc1nc(NC2CCOCC2)c([N+](=O)[O-])c(-c2ccccc2Cl)n1. The third-order valence-electron chi connectivity index (χ3n) is 3.78. The van der Waals surface area contributed by atoms with Crippen LogP contribution >= 0.6 is 11.6 Å². The number of nitro groups is 1. The summed E-state index contributed by atoms with van der Waals surface area (Å²) in [5, 5.41) is 15.1. The van der Waals surface area contributed by atoms with E-state index in [0.717, 1.165) is 12.8 Å². The molecular weight excluding hydrogens is 334 g/mol. The van der Waals surface area contributed by atoms with E-state index in [-0.39, 0.29) is 29.2 Å². The Morgan fingerprint density at radius 3 is 2.67 bits per heavy atom. The van der Waals surface area contributed by atoms with E-state index >= 15 is 0 Å². The second-order valence-corrected chi connectivity index (χ2v) is 5.80. The lowest BCUT2D eigenvalue weighted by atomic mass is 10.1. The molecule has 8 nitrogen and oxygen atoms in total. The van der Waals surface area contributed by atoms with Gasteiger partial charge in [-0.05, 0) is 18.9 Å². The molecule has 0 unspecified atom stereocenters. The third-order valence-corrected chi connectivity index (χ3v) is 4.10. The van der Waals surface area contributed by atoms with Gasteiger partial charge in [0.15, 0.2) is 5.69 Å². The van der Waals surface area contributed by atoms with Crippen molar-refractivity contribution in [2.24, 2.45) is 0 Å². The highest BCUT2D eigenvalue weighted by Gasteiger charge is 2.28. The number of hydrogen-bond donors (Lipinski definition) is 2. The topological polar surface area (TPSA) is 116 Å². The number of nitrogen functional groups attached to an aromatic ring is 1. The Morgan fingerprint density at radius 2 is 2.00 bits per heavy atom. The summed E-state index contributed by atoms with van der Waals surface area (Å²) >= 11 is 6.17. The normalized spacial score (nSPS) is 15.2. The lowest BCUT2D eigenvalue weighted by molar-refractivity contribution is -0.383. The Labute approximate surface area is 143 Å². The molecule has 3 N–H and O–H groups in total. The van der Waals surface area contributed by atoms with Gasteiger partial charge in [-0.2, -0.15) is 4.98 Å². The van der Waals surface area contributed by atoms with Gasteiger partial charge in [-0.25, -0.2) is 4.98 Å². The summed E-state index contributed by atoms with van der Waals surface area (Å²) in [6.45, 7) is 1.20. The van der Waals surface area contributed by atoms with Crippen molar-refractivity contribution in [3.05, 3.63) is 39.4 Å². The van der Waals surface area contributed by atoms with Crippen LogP contribution in [0, 0.1) is 10.1 Å². The van der Waals surface area contributed by atoms with Gasteiger partial charge in [-0.3, -0.25) is 10.1 Å². The van der Waals surface area contributed by atoms with E-state index in [1.54, 1.807) is 24.3 Å². The summed E-state index contributed by atoms with van der Waals surface area (Å²) in [6, 6.07) is 6.81. The molecule has 0 aliphatic carbocycles.